The van der Waals surface area contributed by atoms with Crippen LogP contribution in [-0.2, 0) is 0 Å². The summed E-state index contributed by atoms with van der Waals surface area (Å²) >= 11 is 3.33. The first-order valence-corrected chi connectivity index (χ1v) is 6.57. The van der Waals surface area contributed by atoms with Crippen LogP contribution in [0.5, 0.6) is 17.5 Å². The van der Waals surface area contributed by atoms with Gasteiger partial charge in [0.2, 0.25) is 5.95 Å². The van der Waals surface area contributed by atoms with E-state index in [1.54, 1.807) is 12.1 Å². The van der Waals surface area contributed by atoms with E-state index in [0.29, 0.717) is 21.5 Å². The lowest BCUT2D eigenvalue weighted by Gasteiger charge is -2.11. The Balaban J connectivity index is 2.31. The molecule has 2 rings (SSSR count). The Morgan fingerprint density at radius 2 is 2.00 bits per heavy atom. The van der Waals surface area contributed by atoms with E-state index in [4.69, 9.17) is 14.2 Å². The molecule has 2 N–H and O–H groups in total. The number of halogens is 1. The molecule has 0 radical (unpaired) electrons. The smallest absolute Gasteiger partial charge is 0.336 e. The average Bonchev–Trinajstić information content (AvgIpc) is 2.93. The van der Waals surface area contributed by atoms with E-state index in [9.17, 15) is 4.79 Å². The molecule has 1 amide bonds. The molecule has 0 atom stereocenters. The van der Waals surface area contributed by atoms with E-state index in [1.165, 1.54) is 21.3 Å². The Morgan fingerprint density at radius 1 is 1.24 bits per heavy atom. The molecular formula is C12H13BrN4O4. The van der Waals surface area contributed by atoms with Gasteiger partial charge in [-0.3, -0.25) is 10.1 Å². The molecule has 21 heavy (non-hydrogen) atoms. The summed E-state index contributed by atoms with van der Waals surface area (Å²) in [6, 6.07) is 3.39. The summed E-state index contributed by atoms with van der Waals surface area (Å²) in [6.07, 6.45) is 0. The van der Waals surface area contributed by atoms with Gasteiger partial charge in [0, 0.05) is 0 Å². The fraction of sp³-hybridized carbons (Fsp3) is 0.250. The summed E-state index contributed by atoms with van der Waals surface area (Å²) in [6.45, 7) is 0. The number of aromatic nitrogens is 3. The van der Waals surface area contributed by atoms with Gasteiger partial charge in [-0.15, -0.1) is 5.10 Å². The highest BCUT2D eigenvalue weighted by Gasteiger charge is 2.18. The highest BCUT2D eigenvalue weighted by Crippen LogP contribution is 2.33. The number of benzene rings is 1. The highest BCUT2D eigenvalue weighted by molar-refractivity contribution is 9.10. The van der Waals surface area contributed by atoms with Gasteiger partial charge in [-0.1, -0.05) is 0 Å². The minimum Gasteiger partial charge on any atom is -0.497 e. The largest absolute Gasteiger partial charge is 0.497 e. The monoisotopic (exact) mass is 356 g/mol. The van der Waals surface area contributed by atoms with E-state index in [2.05, 4.69) is 36.4 Å². The number of amides is 1. The maximum atomic E-state index is 12.3. The first kappa shape index (κ1) is 15.1. The number of rotatable bonds is 5. The zero-order valence-electron chi connectivity index (χ0n) is 11.6. The van der Waals surface area contributed by atoms with Crippen molar-refractivity contribution >= 4 is 27.8 Å². The molecule has 0 bridgehead atoms. The lowest BCUT2D eigenvalue weighted by atomic mass is 10.1. The average molecular weight is 357 g/mol. The van der Waals surface area contributed by atoms with Gasteiger partial charge in [-0.2, -0.15) is 4.98 Å². The van der Waals surface area contributed by atoms with Crippen molar-refractivity contribution in [3.05, 3.63) is 22.2 Å². The second kappa shape index (κ2) is 6.44. The minimum absolute atomic E-state index is 0.129. The molecule has 0 spiro atoms. The molecule has 0 saturated heterocycles. The second-order valence-electron chi connectivity index (χ2n) is 3.81. The number of aromatic amines is 1. The van der Waals surface area contributed by atoms with Crippen LogP contribution in [0.1, 0.15) is 10.4 Å². The Labute approximate surface area is 128 Å². The standard InChI is InChI=1S/C12H13BrN4O4/c1-19-6-4-7(9(20-2)8(13)5-6)10(18)14-11-15-12(21-3)17-16-11/h4-5H,1-3H3,(H2,14,15,16,17,18). The lowest BCUT2D eigenvalue weighted by Crippen LogP contribution is -2.14. The third-order valence-electron chi connectivity index (χ3n) is 2.58. The molecule has 0 aliphatic carbocycles. The number of hydrogen-bond acceptors (Lipinski definition) is 6. The molecule has 0 unspecified atom stereocenters. The minimum atomic E-state index is -0.426. The van der Waals surface area contributed by atoms with Crippen LogP contribution in [0.4, 0.5) is 5.95 Å². The molecule has 0 aliphatic rings. The molecule has 9 heteroatoms. The van der Waals surface area contributed by atoms with Crippen molar-refractivity contribution in [1.82, 2.24) is 15.2 Å². The van der Waals surface area contributed by atoms with E-state index < -0.39 is 5.91 Å². The van der Waals surface area contributed by atoms with Gasteiger partial charge in [0.15, 0.2) is 0 Å². The van der Waals surface area contributed by atoms with Crippen LogP contribution in [0.25, 0.3) is 0 Å². The summed E-state index contributed by atoms with van der Waals surface area (Å²) in [5.41, 5.74) is 0.291. The third kappa shape index (κ3) is 3.24. The topological polar surface area (TPSA) is 98.4 Å². The molecule has 112 valence electrons. The van der Waals surface area contributed by atoms with E-state index >= 15 is 0 Å². The fourth-order valence-corrected chi connectivity index (χ4v) is 2.23. The Kier molecular flexibility index (Phi) is 4.63. The van der Waals surface area contributed by atoms with Crippen LogP contribution in [0.2, 0.25) is 0 Å². The number of nitrogens with zero attached hydrogens (tertiary/aromatic N) is 2. The highest BCUT2D eigenvalue weighted by atomic mass is 79.9. The number of methoxy groups -OCH3 is 3. The van der Waals surface area contributed by atoms with Gasteiger partial charge in [0.1, 0.15) is 11.5 Å². The summed E-state index contributed by atoms with van der Waals surface area (Å²) in [5, 5.41) is 8.83. The van der Waals surface area contributed by atoms with Crippen LogP contribution >= 0.6 is 15.9 Å². The van der Waals surface area contributed by atoms with Crippen LogP contribution in [-0.4, -0.2) is 42.4 Å². The number of ether oxygens (including phenoxy) is 3. The van der Waals surface area contributed by atoms with Crippen molar-refractivity contribution in [2.24, 2.45) is 0 Å². The zero-order chi connectivity index (χ0) is 15.4. The third-order valence-corrected chi connectivity index (χ3v) is 3.17. The number of carbonyl (C=O) groups excluding carboxylic acids is 1. The first-order chi connectivity index (χ1) is 10.1. The van der Waals surface area contributed by atoms with Crippen molar-refractivity contribution in [2.45, 2.75) is 0 Å². The summed E-state index contributed by atoms with van der Waals surface area (Å²) in [4.78, 5) is 16.2. The van der Waals surface area contributed by atoms with E-state index in [0.717, 1.165) is 0 Å². The lowest BCUT2D eigenvalue weighted by molar-refractivity contribution is 0.102. The van der Waals surface area contributed by atoms with E-state index in [1.807, 2.05) is 0 Å². The van der Waals surface area contributed by atoms with Crippen molar-refractivity contribution in [3.63, 3.8) is 0 Å². The Morgan fingerprint density at radius 3 is 2.57 bits per heavy atom. The van der Waals surface area contributed by atoms with Gasteiger partial charge in [-0.25, -0.2) is 5.10 Å². The predicted octanol–water partition coefficient (Wildman–Crippen LogP) is 1.85. The number of H-pyrrole nitrogens is 1. The number of hydrogen-bond donors (Lipinski definition) is 2. The molecule has 1 aromatic heterocycles. The van der Waals surface area contributed by atoms with Gasteiger partial charge in [-0.05, 0) is 28.1 Å². The Bertz CT molecular complexity index is 659. The molecular weight excluding hydrogens is 344 g/mol. The van der Waals surface area contributed by atoms with Gasteiger partial charge in [0.25, 0.3) is 5.91 Å². The first-order valence-electron chi connectivity index (χ1n) is 5.78. The normalized spacial score (nSPS) is 10.1. The van der Waals surface area contributed by atoms with Gasteiger partial charge >= 0.3 is 6.01 Å². The molecule has 0 aliphatic heterocycles. The zero-order valence-corrected chi connectivity index (χ0v) is 13.1. The second-order valence-corrected chi connectivity index (χ2v) is 4.67. The predicted molar refractivity (Wildman–Crippen MR) is 78.1 cm³/mol. The maximum Gasteiger partial charge on any atom is 0.336 e. The SMILES string of the molecule is COc1cc(Br)c(OC)c(C(=O)Nc2nc(OC)n[nH]2)c1. The molecule has 8 nitrogen and oxygen atoms in total. The van der Waals surface area contributed by atoms with Crippen LogP contribution < -0.4 is 19.5 Å². The fourth-order valence-electron chi connectivity index (χ4n) is 1.63. The summed E-state index contributed by atoms with van der Waals surface area (Å²) in [5.74, 6) is 0.644. The van der Waals surface area contributed by atoms with E-state index in [-0.39, 0.29) is 12.0 Å². The molecule has 1 aromatic carbocycles. The quantitative estimate of drug-likeness (QED) is 0.848. The van der Waals surface area contributed by atoms with Crippen molar-refractivity contribution in [1.29, 1.82) is 0 Å². The number of nitrogens with one attached hydrogen (secondary N) is 2. The summed E-state index contributed by atoms with van der Waals surface area (Å²) in [7, 11) is 4.41. The number of carbonyl (C=O) groups is 1. The molecule has 0 fully saturated rings. The van der Waals surface area contributed by atoms with Crippen molar-refractivity contribution in [2.75, 3.05) is 26.6 Å². The van der Waals surface area contributed by atoms with Crippen molar-refractivity contribution in [3.8, 4) is 17.5 Å². The van der Waals surface area contributed by atoms with Crippen LogP contribution in [0.15, 0.2) is 16.6 Å². The number of anilines is 1. The molecule has 1 heterocycles. The molecule has 0 saturated carbocycles. The Hall–Kier alpha value is -2.29. The molecule has 2 aromatic rings. The maximum absolute atomic E-state index is 12.3. The van der Waals surface area contributed by atoms with Gasteiger partial charge in [0.05, 0.1) is 31.4 Å². The van der Waals surface area contributed by atoms with Crippen LogP contribution in [0.3, 0.4) is 0 Å². The van der Waals surface area contributed by atoms with Crippen molar-refractivity contribution < 1.29 is 19.0 Å². The van der Waals surface area contributed by atoms with Crippen LogP contribution in [0, 0.1) is 0 Å². The summed E-state index contributed by atoms with van der Waals surface area (Å²) < 4.78 is 15.8. The van der Waals surface area contributed by atoms with Gasteiger partial charge < -0.3 is 14.2 Å².